The van der Waals surface area contributed by atoms with Crippen LogP contribution in [0, 0.1) is 11.8 Å². The van der Waals surface area contributed by atoms with E-state index < -0.39 is 43.1 Å². The summed E-state index contributed by atoms with van der Waals surface area (Å²) in [5.41, 5.74) is 0.994. The van der Waals surface area contributed by atoms with Crippen molar-refractivity contribution in [2.45, 2.75) is 31.5 Å². The molecular formula is C14H16F3N3O3S. The second-order valence-electron chi connectivity index (χ2n) is 6.10. The Morgan fingerprint density at radius 2 is 2.08 bits per heavy atom. The SMILES string of the molecule is O=C(O)[C@@H]1CN(C(=O)NCc2nc(C3CC3)cs2)C[C@H]1C(F)(F)F. The zero-order chi connectivity index (χ0) is 17.5. The van der Waals surface area contributed by atoms with Crippen LogP contribution in [-0.2, 0) is 11.3 Å². The Morgan fingerprint density at radius 3 is 2.62 bits per heavy atom. The number of likely N-dealkylation sites (tertiary alicyclic amines) is 1. The van der Waals surface area contributed by atoms with E-state index in [4.69, 9.17) is 5.11 Å². The van der Waals surface area contributed by atoms with Crippen LogP contribution in [0.1, 0.15) is 29.5 Å². The fourth-order valence-electron chi connectivity index (χ4n) is 2.79. The van der Waals surface area contributed by atoms with E-state index in [2.05, 4.69) is 10.3 Å². The van der Waals surface area contributed by atoms with Crippen molar-refractivity contribution >= 4 is 23.3 Å². The van der Waals surface area contributed by atoms with Crippen LogP contribution < -0.4 is 5.32 Å². The van der Waals surface area contributed by atoms with Gasteiger partial charge < -0.3 is 15.3 Å². The molecule has 6 nitrogen and oxygen atoms in total. The Hall–Kier alpha value is -1.84. The number of hydrogen-bond acceptors (Lipinski definition) is 4. The van der Waals surface area contributed by atoms with Crippen LogP contribution in [0.15, 0.2) is 5.38 Å². The predicted octanol–water partition coefficient (Wildman–Crippen LogP) is 2.43. The molecule has 2 atom stereocenters. The quantitative estimate of drug-likeness (QED) is 0.861. The Bertz CT molecular complexity index is 645. The van der Waals surface area contributed by atoms with E-state index in [-0.39, 0.29) is 6.54 Å². The van der Waals surface area contributed by atoms with Gasteiger partial charge in [0.05, 0.1) is 24.1 Å². The van der Waals surface area contributed by atoms with Crippen molar-refractivity contribution in [1.82, 2.24) is 15.2 Å². The third kappa shape index (κ3) is 3.63. The van der Waals surface area contributed by atoms with Gasteiger partial charge in [-0.1, -0.05) is 0 Å². The maximum Gasteiger partial charge on any atom is 0.394 e. The number of nitrogens with one attached hydrogen (secondary N) is 1. The largest absolute Gasteiger partial charge is 0.481 e. The number of nitrogens with zero attached hydrogens (tertiary/aromatic N) is 2. The number of amides is 2. The van der Waals surface area contributed by atoms with Crippen molar-refractivity contribution in [3.63, 3.8) is 0 Å². The van der Waals surface area contributed by atoms with E-state index in [1.54, 1.807) is 0 Å². The van der Waals surface area contributed by atoms with Gasteiger partial charge in [0.25, 0.3) is 0 Å². The number of alkyl halides is 3. The number of carbonyl (C=O) groups excluding carboxylic acids is 1. The normalized spacial score (nSPS) is 24.2. The van der Waals surface area contributed by atoms with Crippen molar-refractivity contribution in [3.05, 3.63) is 16.1 Å². The molecule has 24 heavy (non-hydrogen) atoms. The van der Waals surface area contributed by atoms with Crippen molar-refractivity contribution in [1.29, 1.82) is 0 Å². The second kappa shape index (κ2) is 6.23. The van der Waals surface area contributed by atoms with Crippen LogP contribution >= 0.6 is 11.3 Å². The summed E-state index contributed by atoms with van der Waals surface area (Å²) in [6.07, 6.45) is -2.43. The molecule has 1 saturated carbocycles. The molecule has 132 valence electrons. The van der Waals surface area contributed by atoms with Crippen molar-refractivity contribution in [2.75, 3.05) is 13.1 Å². The van der Waals surface area contributed by atoms with Gasteiger partial charge in [0, 0.05) is 24.4 Å². The number of carboxylic acid groups (broad SMARTS) is 1. The third-order valence-electron chi connectivity index (χ3n) is 4.30. The van der Waals surface area contributed by atoms with E-state index in [1.165, 1.54) is 11.3 Å². The predicted molar refractivity (Wildman–Crippen MR) is 78.6 cm³/mol. The Labute approximate surface area is 139 Å². The maximum absolute atomic E-state index is 12.9. The fourth-order valence-corrected chi connectivity index (χ4v) is 3.60. The molecule has 2 heterocycles. The number of rotatable bonds is 4. The summed E-state index contributed by atoms with van der Waals surface area (Å²) in [6.45, 7) is -0.963. The first-order valence-electron chi connectivity index (χ1n) is 7.52. The van der Waals surface area contributed by atoms with Crippen LogP contribution in [0.25, 0.3) is 0 Å². The molecule has 10 heteroatoms. The van der Waals surface area contributed by atoms with Gasteiger partial charge in [-0.05, 0) is 12.8 Å². The van der Waals surface area contributed by atoms with E-state index in [1.807, 2.05) is 5.38 Å². The molecule has 1 aliphatic heterocycles. The molecule has 1 saturated heterocycles. The zero-order valence-corrected chi connectivity index (χ0v) is 13.4. The highest BCUT2D eigenvalue weighted by molar-refractivity contribution is 7.09. The number of halogens is 3. The monoisotopic (exact) mass is 363 g/mol. The van der Waals surface area contributed by atoms with Gasteiger partial charge in [-0.25, -0.2) is 9.78 Å². The number of hydrogen-bond donors (Lipinski definition) is 2. The molecule has 0 aromatic carbocycles. The molecule has 2 amide bonds. The minimum Gasteiger partial charge on any atom is -0.481 e. The molecule has 1 aromatic rings. The molecule has 2 aliphatic rings. The molecule has 0 radical (unpaired) electrons. The summed E-state index contributed by atoms with van der Waals surface area (Å²) < 4.78 is 38.7. The van der Waals surface area contributed by atoms with Crippen LogP contribution in [0.2, 0.25) is 0 Å². The van der Waals surface area contributed by atoms with Gasteiger partial charge in [-0.3, -0.25) is 4.79 Å². The van der Waals surface area contributed by atoms with Gasteiger partial charge >= 0.3 is 18.2 Å². The van der Waals surface area contributed by atoms with Gasteiger partial charge in [-0.2, -0.15) is 13.2 Å². The number of aromatic nitrogens is 1. The summed E-state index contributed by atoms with van der Waals surface area (Å²) in [7, 11) is 0. The first kappa shape index (κ1) is 17.0. The summed E-state index contributed by atoms with van der Waals surface area (Å²) >= 11 is 1.39. The smallest absolute Gasteiger partial charge is 0.394 e. The second-order valence-corrected chi connectivity index (χ2v) is 7.04. The fraction of sp³-hybridized carbons (Fsp3) is 0.643. The first-order chi connectivity index (χ1) is 11.3. The van der Waals surface area contributed by atoms with Crippen LogP contribution in [0.5, 0.6) is 0 Å². The van der Waals surface area contributed by atoms with Crippen LogP contribution in [0.3, 0.4) is 0 Å². The summed E-state index contributed by atoms with van der Waals surface area (Å²) in [5, 5.41) is 14.1. The molecular weight excluding hydrogens is 347 g/mol. The lowest BCUT2D eigenvalue weighted by atomic mass is 9.96. The molecule has 1 aromatic heterocycles. The number of carbonyl (C=O) groups is 2. The van der Waals surface area contributed by atoms with Gasteiger partial charge in [-0.15, -0.1) is 11.3 Å². The molecule has 1 aliphatic carbocycles. The van der Waals surface area contributed by atoms with Gasteiger partial charge in [0.1, 0.15) is 5.01 Å². The lowest BCUT2D eigenvalue weighted by Crippen LogP contribution is -2.39. The number of thiazole rings is 1. The average molecular weight is 363 g/mol. The standard InChI is InChI=1S/C14H16F3N3O3S/c15-14(16,17)9-5-20(4-8(9)12(21)22)13(23)18-3-11-19-10(6-24-11)7-1-2-7/h6-9H,1-5H2,(H,18,23)(H,21,22)/t8-,9-/m1/s1. The minimum atomic E-state index is -4.65. The lowest BCUT2D eigenvalue weighted by molar-refractivity contribution is -0.187. The molecule has 0 bridgehead atoms. The van der Waals surface area contributed by atoms with Gasteiger partial charge in [0.2, 0.25) is 0 Å². The van der Waals surface area contributed by atoms with Crippen molar-refractivity contribution < 1.29 is 27.9 Å². The van der Waals surface area contributed by atoms with Crippen LogP contribution in [0.4, 0.5) is 18.0 Å². The van der Waals surface area contributed by atoms with E-state index in [0.29, 0.717) is 10.9 Å². The Kier molecular flexibility index (Phi) is 4.41. The Balaban J connectivity index is 1.57. The molecule has 3 rings (SSSR count). The topological polar surface area (TPSA) is 82.5 Å². The highest BCUT2D eigenvalue weighted by Crippen LogP contribution is 2.40. The van der Waals surface area contributed by atoms with E-state index in [9.17, 15) is 22.8 Å². The number of carboxylic acids is 1. The summed E-state index contributed by atoms with van der Waals surface area (Å²) in [6, 6.07) is -0.698. The number of aliphatic carboxylic acids is 1. The molecule has 0 unspecified atom stereocenters. The van der Waals surface area contributed by atoms with Crippen molar-refractivity contribution in [2.24, 2.45) is 11.8 Å². The average Bonchev–Trinajstić information content (AvgIpc) is 3.06. The number of urea groups is 1. The third-order valence-corrected chi connectivity index (χ3v) is 5.17. The first-order valence-corrected chi connectivity index (χ1v) is 8.40. The highest BCUT2D eigenvalue weighted by atomic mass is 32.1. The Morgan fingerprint density at radius 1 is 1.38 bits per heavy atom. The maximum atomic E-state index is 12.9. The molecule has 2 N–H and O–H groups in total. The summed E-state index contributed by atoms with van der Waals surface area (Å²) in [4.78, 5) is 28.3. The van der Waals surface area contributed by atoms with Crippen LogP contribution in [-0.4, -0.2) is 46.3 Å². The zero-order valence-electron chi connectivity index (χ0n) is 12.5. The summed E-state index contributed by atoms with van der Waals surface area (Å²) in [5.74, 6) is -4.71. The van der Waals surface area contributed by atoms with E-state index in [0.717, 1.165) is 23.4 Å². The highest BCUT2D eigenvalue weighted by Gasteiger charge is 2.53. The van der Waals surface area contributed by atoms with Gasteiger partial charge in [0.15, 0.2) is 0 Å². The van der Waals surface area contributed by atoms with E-state index >= 15 is 0 Å². The minimum absolute atomic E-state index is 0.126. The lowest BCUT2D eigenvalue weighted by Gasteiger charge is -2.18. The molecule has 0 spiro atoms. The van der Waals surface area contributed by atoms with Crippen molar-refractivity contribution in [3.8, 4) is 0 Å². The molecule has 2 fully saturated rings.